The van der Waals surface area contributed by atoms with E-state index in [9.17, 15) is 22.8 Å². The molecule has 2 rings (SSSR count). The van der Waals surface area contributed by atoms with Crippen LogP contribution in [0.4, 0.5) is 10.5 Å². The maximum absolute atomic E-state index is 12.8. The summed E-state index contributed by atoms with van der Waals surface area (Å²) in [6.07, 6.45) is 0. The van der Waals surface area contributed by atoms with E-state index in [1.165, 1.54) is 25.2 Å². The topological polar surface area (TPSA) is 131 Å². The van der Waals surface area contributed by atoms with Crippen LogP contribution in [0.5, 0.6) is 0 Å². The molecule has 2 aromatic carbocycles. The van der Waals surface area contributed by atoms with Crippen molar-refractivity contribution in [1.82, 2.24) is 10.6 Å². The minimum absolute atomic E-state index is 0.0482. The number of sulfonamides is 1. The SMILES string of the molecule is CNC(=O)NC(=O)COC(=O)c1ccc(C)c(S(=O)(=O)Nc2cccc(C)c2)c1. The molecule has 0 aliphatic heterocycles. The Labute approximate surface area is 168 Å². The third-order valence-electron chi connectivity index (χ3n) is 3.80. The highest BCUT2D eigenvalue weighted by Gasteiger charge is 2.20. The molecule has 0 atom stereocenters. The van der Waals surface area contributed by atoms with Gasteiger partial charge in [-0.1, -0.05) is 18.2 Å². The standard InChI is InChI=1S/C19H21N3O6S/c1-12-5-4-6-15(9-12)22-29(26,27)16-10-14(8-7-13(16)2)18(24)28-11-17(23)21-19(25)20-3/h4-10,22H,11H2,1-3H3,(H2,20,21,23,25). The van der Waals surface area contributed by atoms with Crippen molar-refractivity contribution < 1.29 is 27.5 Å². The summed E-state index contributed by atoms with van der Waals surface area (Å²) in [7, 11) is -2.63. The number of aryl methyl sites for hydroxylation is 2. The first-order chi connectivity index (χ1) is 13.6. The van der Waals surface area contributed by atoms with E-state index in [-0.39, 0.29) is 10.5 Å². The quantitative estimate of drug-likeness (QED) is 0.611. The molecule has 9 nitrogen and oxygen atoms in total. The number of carbonyl (C=O) groups is 3. The highest BCUT2D eigenvalue weighted by Crippen LogP contribution is 2.21. The van der Waals surface area contributed by atoms with Crippen LogP contribution in [-0.2, 0) is 19.6 Å². The van der Waals surface area contributed by atoms with Crippen LogP contribution in [0.3, 0.4) is 0 Å². The minimum atomic E-state index is -3.96. The van der Waals surface area contributed by atoms with Crippen LogP contribution in [-0.4, -0.2) is 40.0 Å². The summed E-state index contributed by atoms with van der Waals surface area (Å²) in [4.78, 5) is 34.6. The lowest BCUT2D eigenvalue weighted by Gasteiger charge is -2.12. The summed E-state index contributed by atoms with van der Waals surface area (Å²) in [5.74, 6) is -1.72. The number of amides is 3. The van der Waals surface area contributed by atoms with Gasteiger partial charge in [-0.3, -0.25) is 14.8 Å². The van der Waals surface area contributed by atoms with E-state index < -0.39 is 34.5 Å². The fourth-order valence-electron chi connectivity index (χ4n) is 2.37. The number of esters is 1. The van der Waals surface area contributed by atoms with Gasteiger partial charge < -0.3 is 10.1 Å². The zero-order valence-corrected chi connectivity index (χ0v) is 16.9. The number of anilines is 1. The summed E-state index contributed by atoms with van der Waals surface area (Å²) in [6, 6.07) is 10.1. The van der Waals surface area contributed by atoms with Gasteiger partial charge in [-0.05, 0) is 49.2 Å². The molecular weight excluding hydrogens is 398 g/mol. The molecule has 0 heterocycles. The molecule has 3 amide bonds. The Bertz CT molecular complexity index is 1050. The molecule has 0 aromatic heterocycles. The van der Waals surface area contributed by atoms with E-state index in [4.69, 9.17) is 4.74 Å². The monoisotopic (exact) mass is 419 g/mol. The first-order valence-electron chi connectivity index (χ1n) is 8.51. The van der Waals surface area contributed by atoms with Crippen molar-refractivity contribution in [3.05, 3.63) is 59.2 Å². The van der Waals surface area contributed by atoms with Gasteiger partial charge >= 0.3 is 12.0 Å². The van der Waals surface area contributed by atoms with Crippen molar-refractivity contribution in [3.8, 4) is 0 Å². The molecular formula is C19H21N3O6S. The third-order valence-corrected chi connectivity index (χ3v) is 5.32. The van der Waals surface area contributed by atoms with Gasteiger partial charge in [0.2, 0.25) is 0 Å². The van der Waals surface area contributed by atoms with Crippen LogP contribution in [0.2, 0.25) is 0 Å². The number of carbonyl (C=O) groups excluding carboxylic acids is 3. The van der Waals surface area contributed by atoms with Gasteiger partial charge in [0.25, 0.3) is 15.9 Å². The van der Waals surface area contributed by atoms with Gasteiger partial charge in [0.15, 0.2) is 6.61 Å². The average Bonchev–Trinajstić information content (AvgIpc) is 2.65. The van der Waals surface area contributed by atoms with Crippen LogP contribution in [0.1, 0.15) is 21.5 Å². The Kier molecular flexibility index (Phi) is 6.94. The average molecular weight is 419 g/mol. The van der Waals surface area contributed by atoms with Crippen molar-refractivity contribution in [3.63, 3.8) is 0 Å². The zero-order chi connectivity index (χ0) is 21.6. The second-order valence-corrected chi connectivity index (χ2v) is 7.81. The van der Waals surface area contributed by atoms with Gasteiger partial charge in [0.1, 0.15) is 0 Å². The summed E-state index contributed by atoms with van der Waals surface area (Å²) >= 11 is 0. The lowest BCUT2D eigenvalue weighted by Crippen LogP contribution is -2.39. The van der Waals surface area contributed by atoms with Crippen molar-refractivity contribution in [2.24, 2.45) is 0 Å². The van der Waals surface area contributed by atoms with Crippen LogP contribution >= 0.6 is 0 Å². The molecule has 0 aliphatic carbocycles. The fourth-order valence-corrected chi connectivity index (χ4v) is 3.70. The fraction of sp³-hybridized carbons (Fsp3) is 0.211. The Hall–Kier alpha value is -3.40. The number of imide groups is 1. The molecule has 0 spiro atoms. The molecule has 154 valence electrons. The first-order valence-corrected chi connectivity index (χ1v) is 9.99. The number of nitrogens with one attached hydrogen (secondary N) is 3. The Morgan fingerprint density at radius 1 is 1.03 bits per heavy atom. The molecule has 0 saturated heterocycles. The Balaban J connectivity index is 2.17. The van der Waals surface area contributed by atoms with Crippen molar-refractivity contribution >= 4 is 33.6 Å². The highest BCUT2D eigenvalue weighted by molar-refractivity contribution is 7.92. The first kappa shape index (κ1) is 21.9. The summed E-state index contributed by atoms with van der Waals surface area (Å²) < 4.78 is 32.8. The van der Waals surface area contributed by atoms with E-state index in [2.05, 4.69) is 10.0 Å². The lowest BCUT2D eigenvalue weighted by atomic mass is 10.1. The molecule has 0 saturated carbocycles. The zero-order valence-electron chi connectivity index (χ0n) is 16.1. The molecule has 0 fully saturated rings. The summed E-state index contributed by atoms with van der Waals surface area (Å²) in [6.45, 7) is 2.74. The predicted molar refractivity (Wildman–Crippen MR) is 106 cm³/mol. The molecule has 0 bridgehead atoms. The number of ether oxygens (including phenoxy) is 1. The van der Waals surface area contributed by atoms with Gasteiger partial charge in [0.05, 0.1) is 10.5 Å². The smallest absolute Gasteiger partial charge is 0.338 e. The Morgan fingerprint density at radius 3 is 2.41 bits per heavy atom. The van der Waals surface area contributed by atoms with E-state index in [0.29, 0.717) is 11.3 Å². The molecule has 0 aliphatic rings. The maximum Gasteiger partial charge on any atom is 0.338 e. The van der Waals surface area contributed by atoms with Crippen LogP contribution < -0.4 is 15.4 Å². The molecule has 0 radical (unpaired) electrons. The lowest BCUT2D eigenvalue weighted by molar-refractivity contribution is -0.123. The third kappa shape index (κ3) is 6.04. The second-order valence-electron chi connectivity index (χ2n) is 6.16. The molecule has 10 heteroatoms. The maximum atomic E-state index is 12.8. The number of rotatable bonds is 6. The largest absolute Gasteiger partial charge is 0.452 e. The van der Waals surface area contributed by atoms with E-state index >= 15 is 0 Å². The van der Waals surface area contributed by atoms with Crippen molar-refractivity contribution in [2.75, 3.05) is 18.4 Å². The predicted octanol–water partition coefficient (Wildman–Crippen LogP) is 1.72. The molecule has 29 heavy (non-hydrogen) atoms. The number of hydrogen-bond acceptors (Lipinski definition) is 6. The van der Waals surface area contributed by atoms with Crippen LogP contribution in [0.15, 0.2) is 47.4 Å². The molecule has 3 N–H and O–H groups in total. The summed E-state index contributed by atoms with van der Waals surface area (Å²) in [5.41, 5.74) is 1.66. The second kappa shape index (κ2) is 9.20. The van der Waals surface area contributed by atoms with E-state index in [0.717, 1.165) is 5.56 Å². The van der Waals surface area contributed by atoms with E-state index in [1.807, 2.05) is 18.3 Å². The highest BCUT2D eigenvalue weighted by atomic mass is 32.2. The minimum Gasteiger partial charge on any atom is -0.452 e. The van der Waals surface area contributed by atoms with Gasteiger partial charge in [-0.15, -0.1) is 0 Å². The Morgan fingerprint density at radius 2 is 1.76 bits per heavy atom. The number of urea groups is 1. The van der Waals surface area contributed by atoms with E-state index in [1.54, 1.807) is 25.1 Å². The van der Waals surface area contributed by atoms with Gasteiger partial charge in [-0.25, -0.2) is 18.0 Å². The molecule has 0 unspecified atom stereocenters. The van der Waals surface area contributed by atoms with Crippen LogP contribution in [0, 0.1) is 13.8 Å². The van der Waals surface area contributed by atoms with Crippen molar-refractivity contribution in [2.45, 2.75) is 18.7 Å². The summed E-state index contributed by atoms with van der Waals surface area (Å²) in [5, 5.41) is 4.12. The normalized spacial score (nSPS) is 10.7. The molecule has 2 aromatic rings. The van der Waals surface area contributed by atoms with Gasteiger partial charge in [-0.2, -0.15) is 0 Å². The number of hydrogen-bond donors (Lipinski definition) is 3. The van der Waals surface area contributed by atoms with Crippen LogP contribution in [0.25, 0.3) is 0 Å². The van der Waals surface area contributed by atoms with Gasteiger partial charge in [0, 0.05) is 12.7 Å². The number of benzene rings is 2. The van der Waals surface area contributed by atoms with Crippen molar-refractivity contribution in [1.29, 1.82) is 0 Å².